The van der Waals surface area contributed by atoms with Gasteiger partial charge in [0.1, 0.15) is 28.5 Å². The van der Waals surface area contributed by atoms with Crippen LogP contribution in [-0.4, -0.2) is 58.4 Å². The molecular formula is C27H26F3N7O4S. The SMILES string of the molecule is C=CC(=O)N1CCCC(n2nc(-c3ccc(CNS(=O)(=O)c4ccccc4OC(F)(F)F)cc3)c3c(N)ncnc32)C1. The number of sulfonamides is 1. The minimum absolute atomic E-state index is 0.147. The molecule has 0 aliphatic carbocycles. The molecule has 1 aliphatic rings. The Balaban J connectivity index is 1.39. The molecule has 0 saturated carbocycles. The highest BCUT2D eigenvalue weighted by atomic mass is 32.2. The molecule has 15 heteroatoms. The predicted octanol–water partition coefficient (Wildman–Crippen LogP) is 3.80. The minimum atomic E-state index is -5.05. The number of carbonyl (C=O) groups is 1. The molecule has 0 bridgehead atoms. The summed E-state index contributed by atoms with van der Waals surface area (Å²) >= 11 is 0. The summed E-state index contributed by atoms with van der Waals surface area (Å²) in [7, 11) is -4.34. The molecule has 11 nitrogen and oxygen atoms in total. The van der Waals surface area contributed by atoms with Crippen LogP contribution in [0.2, 0.25) is 0 Å². The van der Waals surface area contributed by atoms with Crippen LogP contribution in [0.15, 0.2) is 72.4 Å². The molecule has 2 aromatic heterocycles. The monoisotopic (exact) mass is 601 g/mol. The van der Waals surface area contributed by atoms with Crippen molar-refractivity contribution in [2.24, 2.45) is 0 Å². The first-order valence-electron chi connectivity index (χ1n) is 12.8. The zero-order valence-electron chi connectivity index (χ0n) is 22.1. The maximum Gasteiger partial charge on any atom is 0.573 e. The maximum absolute atomic E-state index is 12.8. The Hall–Kier alpha value is -4.50. The number of halogens is 3. The van der Waals surface area contributed by atoms with E-state index in [1.165, 1.54) is 24.5 Å². The van der Waals surface area contributed by atoms with Crippen molar-refractivity contribution in [2.45, 2.75) is 36.7 Å². The number of nitrogens with zero attached hydrogens (tertiary/aromatic N) is 5. The molecule has 3 heterocycles. The average molecular weight is 602 g/mol. The van der Waals surface area contributed by atoms with Crippen molar-refractivity contribution in [1.29, 1.82) is 0 Å². The second kappa shape index (κ2) is 11.4. The fraction of sp³-hybridized carbons (Fsp3) is 0.259. The molecule has 1 saturated heterocycles. The molecule has 1 unspecified atom stereocenters. The van der Waals surface area contributed by atoms with Crippen LogP contribution in [0.1, 0.15) is 24.4 Å². The lowest BCUT2D eigenvalue weighted by atomic mass is 10.1. The van der Waals surface area contributed by atoms with Crippen molar-refractivity contribution in [3.8, 4) is 17.0 Å². The van der Waals surface area contributed by atoms with E-state index in [0.717, 1.165) is 25.0 Å². The lowest BCUT2D eigenvalue weighted by molar-refractivity contribution is -0.275. The van der Waals surface area contributed by atoms with Crippen LogP contribution < -0.4 is 15.2 Å². The summed E-state index contributed by atoms with van der Waals surface area (Å²) in [6.45, 7) is 4.43. The number of benzene rings is 2. The number of nitrogen functional groups attached to an aromatic ring is 1. The number of piperidine rings is 1. The van der Waals surface area contributed by atoms with Crippen LogP contribution >= 0.6 is 0 Å². The summed E-state index contributed by atoms with van der Waals surface area (Å²) in [5, 5.41) is 5.35. The Morgan fingerprint density at radius 3 is 2.62 bits per heavy atom. The number of hydrogen-bond donors (Lipinski definition) is 2. The number of fused-ring (bicyclic) bond motifs is 1. The van der Waals surface area contributed by atoms with Gasteiger partial charge in [0.25, 0.3) is 0 Å². The van der Waals surface area contributed by atoms with E-state index in [4.69, 9.17) is 10.8 Å². The predicted molar refractivity (Wildman–Crippen MR) is 147 cm³/mol. The third-order valence-electron chi connectivity index (χ3n) is 6.80. The van der Waals surface area contributed by atoms with Crippen LogP contribution in [0.4, 0.5) is 19.0 Å². The summed E-state index contributed by atoms with van der Waals surface area (Å²) in [5.41, 5.74) is 8.46. The largest absolute Gasteiger partial charge is 0.573 e. The summed E-state index contributed by atoms with van der Waals surface area (Å²) in [5.74, 6) is -0.758. The van der Waals surface area contributed by atoms with Gasteiger partial charge in [0, 0.05) is 25.2 Å². The molecule has 5 rings (SSSR count). The number of ether oxygens (including phenoxy) is 1. The molecule has 0 radical (unpaired) electrons. The quantitative estimate of drug-likeness (QED) is 0.290. The first-order valence-corrected chi connectivity index (χ1v) is 14.3. The number of carbonyl (C=O) groups excluding carboxylic acids is 1. The first kappa shape index (κ1) is 29.0. The zero-order valence-corrected chi connectivity index (χ0v) is 22.9. The van der Waals surface area contributed by atoms with Gasteiger partial charge in [-0.3, -0.25) is 4.79 Å². The number of hydrogen-bond acceptors (Lipinski definition) is 8. The van der Waals surface area contributed by atoms with Crippen molar-refractivity contribution in [3.63, 3.8) is 0 Å². The van der Waals surface area contributed by atoms with Gasteiger partial charge >= 0.3 is 6.36 Å². The molecule has 3 N–H and O–H groups in total. The lowest BCUT2D eigenvalue weighted by Gasteiger charge is -2.32. The highest BCUT2D eigenvalue weighted by molar-refractivity contribution is 7.89. The van der Waals surface area contributed by atoms with Crippen molar-refractivity contribution in [2.75, 3.05) is 18.8 Å². The first-order chi connectivity index (χ1) is 20.0. The van der Waals surface area contributed by atoms with Crippen molar-refractivity contribution < 1.29 is 31.1 Å². The summed E-state index contributed by atoms with van der Waals surface area (Å²) < 4.78 is 71.8. The molecule has 1 aliphatic heterocycles. The van der Waals surface area contributed by atoms with Crippen molar-refractivity contribution in [1.82, 2.24) is 29.4 Å². The van der Waals surface area contributed by atoms with Gasteiger partial charge in [0.05, 0.1) is 11.4 Å². The molecule has 1 fully saturated rings. The molecular weight excluding hydrogens is 575 g/mol. The molecule has 1 amide bonds. The van der Waals surface area contributed by atoms with E-state index in [-0.39, 0.29) is 24.3 Å². The second-order valence-electron chi connectivity index (χ2n) is 9.55. The van der Waals surface area contributed by atoms with E-state index in [1.54, 1.807) is 33.8 Å². The summed E-state index contributed by atoms with van der Waals surface area (Å²) in [4.78, 5) is 21.8. The Bertz CT molecular complexity index is 1740. The van der Waals surface area contributed by atoms with E-state index in [0.29, 0.717) is 40.9 Å². The number of nitrogens with one attached hydrogen (secondary N) is 1. The van der Waals surface area contributed by atoms with Crippen molar-refractivity contribution >= 4 is 32.8 Å². The number of likely N-dealkylation sites (tertiary alicyclic amines) is 1. The van der Waals surface area contributed by atoms with Crippen LogP contribution in [0.5, 0.6) is 5.75 Å². The van der Waals surface area contributed by atoms with Gasteiger partial charge in [-0.25, -0.2) is 27.8 Å². The molecule has 4 aromatic rings. The van der Waals surface area contributed by atoms with Gasteiger partial charge in [0.2, 0.25) is 15.9 Å². The average Bonchev–Trinajstić information content (AvgIpc) is 3.36. The smallest absolute Gasteiger partial charge is 0.404 e. The number of alkyl halides is 3. The van der Waals surface area contributed by atoms with E-state index in [1.807, 2.05) is 0 Å². The second-order valence-corrected chi connectivity index (χ2v) is 11.3. The Labute approximate surface area is 238 Å². The molecule has 220 valence electrons. The number of amides is 1. The third kappa shape index (κ3) is 6.06. The van der Waals surface area contributed by atoms with Gasteiger partial charge in [-0.1, -0.05) is 43.0 Å². The number of anilines is 1. The van der Waals surface area contributed by atoms with Crippen LogP contribution in [0, 0.1) is 0 Å². The van der Waals surface area contributed by atoms with Crippen LogP contribution in [-0.2, 0) is 21.4 Å². The van der Waals surface area contributed by atoms with Gasteiger partial charge < -0.3 is 15.4 Å². The molecule has 42 heavy (non-hydrogen) atoms. The highest BCUT2D eigenvalue weighted by Gasteiger charge is 2.34. The molecule has 2 aromatic carbocycles. The van der Waals surface area contributed by atoms with Gasteiger partial charge in [-0.05, 0) is 36.6 Å². The highest BCUT2D eigenvalue weighted by Crippen LogP contribution is 2.34. The summed E-state index contributed by atoms with van der Waals surface area (Å²) in [6, 6.07) is 11.1. The number of para-hydroxylation sites is 1. The Kier molecular flexibility index (Phi) is 7.88. The molecule has 1 atom stereocenters. The van der Waals surface area contributed by atoms with E-state index < -0.39 is 27.0 Å². The molecule has 0 spiro atoms. The minimum Gasteiger partial charge on any atom is -0.404 e. The van der Waals surface area contributed by atoms with Crippen molar-refractivity contribution in [3.05, 3.63) is 73.1 Å². The number of rotatable bonds is 8. The number of nitrogens with two attached hydrogens (primary N) is 1. The summed E-state index contributed by atoms with van der Waals surface area (Å²) in [6.07, 6.45) is -0.864. The normalized spacial score (nSPS) is 16.0. The van der Waals surface area contributed by atoms with Gasteiger partial charge in [0.15, 0.2) is 5.65 Å². The fourth-order valence-corrected chi connectivity index (χ4v) is 6.00. The Morgan fingerprint density at radius 1 is 1.17 bits per heavy atom. The zero-order chi connectivity index (χ0) is 30.1. The van der Waals surface area contributed by atoms with Crippen LogP contribution in [0.25, 0.3) is 22.3 Å². The maximum atomic E-state index is 12.8. The van der Waals surface area contributed by atoms with E-state index >= 15 is 0 Å². The van der Waals surface area contributed by atoms with Gasteiger partial charge in [-0.2, -0.15) is 5.10 Å². The lowest BCUT2D eigenvalue weighted by Crippen LogP contribution is -2.40. The van der Waals surface area contributed by atoms with Crippen LogP contribution in [0.3, 0.4) is 0 Å². The topological polar surface area (TPSA) is 145 Å². The fourth-order valence-electron chi connectivity index (χ4n) is 4.85. The van der Waals surface area contributed by atoms with Gasteiger partial charge in [-0.15, -0.1) is 13.2 Å². The van der Waals surface area contributed by atoms with E-state index in [2.05, 4.69) is 26.0 Å². The standard InChI is InChI=1S/C27H26F3N7O4S/c1-2-22(38)36-13-5-6-19(15-36)37-26-23(25(31)32-16-33-26)24(35-37)18-11-9-17(10-12-18)14-34-42(39,40)21-8-4-3-7-20(21)41-27(28,29)30/h2-4,7-12,16,19,34H,1,5-6,13-15H2,(H2,31,32,33). The van der Waals surface area contributed by atoms with E-state index in [9.17, 15) is 26.4 Å². The Morgan fingerprint density at radius 2 is 1.90 bits per heavy atom. The third-order valence-corrected chi connectivity index (χ3v) is 8.25. The number of aromatic nitrogens is 4.